The Labute approximate surface area is 129 Å². The molecule has 9 nitrogen and oxygen atoms in total. The van der Waals surface area contributed by atoms with Crippen LogP contribution in [-0.2, 0) is 6.54 Å². The van der Waals surface area contributed by atoms with Gasteiger partial charge in [0.1, 0.15) is 0 Å². The predicted molar refractivity (Wildman–Crippen MR) is 80.6 cm³/mol. The molecule has 1 aromatic heterocycles. The molecule has 0 aliphatic carbocycles. The summed E-state index contributed by atoms with van der Waals surface area (Å²) in [4.78, 5) is 15.7. The summed E-state index contributed by atoms with van der Waals surface area (Å²) < 4.78 is 5.04. The number of amides is 2. The summed E-state index contributed by atoms with van der Waals surface area (Å²) in [7, 11) is 0. The minimum atomic E-state index is -0.632. The van der Waals surface area contributed by atoms with Crippen LogP contribution in [-0.4, -0.2) is 40.0 Å². The van der Waals surface area contributed by atoms with E-state index < -0.39 is 12.1 Å². The lowest BCUT2D eigenvalue weighted by molar-refractivity contribution is 0.152. The normalized spacial score (nSPS) is 15.1. The Morgan fingerprint density at radius 2 is 2.14 bits per heavy atom. The van der Waals surface area contributed by atoms with Crippen LogP contribution in [0, 0.1) is 0 Å². The second-order valence-corrected chi connectivity index (χ2v) is 5.29. The Morgan fingerprint density at radius 1 is 1.41 bits per heavy atom. The zero-order valence-electron chi connectivity index (χ0n) is 13.1. The van der Waals surface area contributed by atoms with E-state index in [4.69, 9.17) is 16.0 Å². The summed E-state index contributed by atoms with van der Waals surface area (Å²) in [6.07, 6.45) is 1.91. The van der Waals surface area contributed by atoms with Crippen molar-refractivity contribution < 1.29 is 14.4 Å². The van der Waals surface area contributed by atoms with Crippen molar-refractivity contribution in [2.24, 2.45) is 11.5 Å². The first-order valence-corrected chi connectivity index (χ1v) is 7.44. The van der Waals surface area contributed by atoms with E-state index in [2.05, 4.69) is 20.8 Å². The van der Waals surface area contributed by atoms with Gasteiger partial charge in [-0.15, -0.1) is 0 Å². The van der Waals surface area contributed by atoms with Crippen LogP contribution in [0.3, 0.4) is 0 Å². The second kappa shape index (κ2) is 9.34. The van der Waals surface area contributed by atoms with Gasteiger partial charge in [-0.05, 0) is 33.2 Å². The maximum Gasteiger partial charge on any atom is 0.315 e. The minimum Gasteiger partial charge on any atom is -0.391 e. The third-order valence-corrected chi connectivity index (χ3v) is 3.27. The molecular formula is C13H26N6O3. The molecule has 1 aromatic rings. The molecule has 1 rings (SSSR count). The number of carbonyl (C=O) groups excluding carboxylic acids is 1. The van der Waals surface area contributed by atoms with Gasteiger partial charge in [0.2, 0.25) is 5.89 Å². The Balaban J connectivity index is 2.37. The van der Waals surface area contributed by atoms with E-state index in [0.29, 0.717) is 12.4 Å². The van der Waals surface area contributed by atoms with E-state index in [1.807, 2.05) is 0 Å². The number of hydrogen-bond acceptors (Lipinski definition) is 7. The van der Waals surface area contributed by atoms with Crippen LogP contribution in [0.2, 0.25) is 0 Å². The summed E-state index contributed by atoms with van der Waals surface area (Å²) in [5.74, 6) is 0.704. The number of nitrogens with one attached hydrogen (secondary N) is 2. The van der Waals surface area contributed by atoms with E-state index in [1.165, 1.54) is 0 Å². The van der Waals surface area contributed by atoms with E-state index in [-0.39, 0.29) is 24.5 Å². The number of aliphatic hydroxyl groups excluding tert-OH is 1. The van der Waals surface area contributed by atoms with Crippen molar-refractivity contribution in [3.05, 3.63) is 11.7 Å². The fraction of sp³-hybridized carbons (Fsp3) is 0.769. The summed E-state index contributed by atoms with van der Waals surface area (Å²) in [6.45, 7) is 4.03. The first kappa shape index (κ1) is 18.3. The molecular weight excluding hydrogens is 288 g/mol. The Hall–Kier alpha value is -1.71. The molecule has 0 aliphatic heterocycles. The summed E-state index contributed by atoms with van der Waals surface area (Å²) in [6, 6.07) is -1.07. The van der Waals surface area contributed by atoms with E-state index in [0.717, 1.165) is 19.3 Å². The first-order chi connectivity index (χ1) is 10.4. The molecule has 0 bridgehead atoms. The molecule has 0 radical (unpaired) electrons. The smallest absolute Gasteiger partial charge is 0.315 e. The van der Waals surface area contributed by atoms with E-state index in [9.17, 15) is 9.90 Å². The molecule has 0 aliphatic rings. The fourth-order valence-corrected chi connectivity index (χ4v) is 1.66. The van der Waals surface area contributed by atoms with Crippen LogP contribution >= 0.6 is 0 Å². The molecule has 9 heteroatoms. The molecule has 7 N–H and O–H groups in total. The number of nitrogens with zero attached hydrogens (tertiary/aromatic N) is 2. The molecule has 3 atom stereocenters. The predicted octanol–water partition coefficient (Wildman–Crippen LogP) is -0.233. The number of nitrogens with two attached hydrogens (primary N) is 2. The van der Waals surface area contributed by atoms with Crippen molar-refractivity contribution in [3.63, 3.8) is 0 Å². The SMILES string of the molecule is CC(O)C(C)NC(=O)NCc1nc(C(N)CCCCN)no1. The molecule has 1 heterocycles. The van der Waals surface area contributed by atoms with Gasteiger partial charge < -0.3 is 31.7 Å². The lowest BCUT2D eigenvalue weighted by atomic mass is 10.1. The lowest BCUT2D eigenvalue weighted by Crippen LogP contribution is -2.45. The number of urea groups is 1. The Kier molecular flexibility index (Phi) is 7.78. The Bertz CT molecular complexity index is 451. The molecule has 0 saturated carbocycles. The van der Waals surface area contributed by atoms with Gasteiger partial charge in [0, 0.05) is 0 Å². The number of aromatic nitrogens is 2. The minimum absolute atomic E-state index is 0.0981. The van der Waals surface area contributed by atoms with Crippen molar-refractivity contribution in [1.29, 1.82) is 0 Å². The van der Waals surface area contributed by atoms with Gasteiger partial charge in [0.05, 0.1) is 24.7 Å². The average Bonchev–Trinajstić information content (AvgIpc) is 2.94. The van der Waals surface area contributed by atoms with Crippen LogP contribution in [0.1, 0.15) is 50.9 Å². The van der Waals surface area contributed by atoms with Gasteiger partial charge >= 0.3 is 6.03 Å². The standard InChI is InChI=1S/C13H26N6O3/c1-8(9(2)20)17-13(21)16-7-11-18-12(19-22-11)10(15)5-3-4-6-14/h8-10,20H,3-7,14-15H2,1-2H3,(H2,16,17,21). The van der Waals surface area contributed by atoms with Crippen LogP contribution in [0.4, 0.5) is 4.79 Å². The summed E-state index contributed by atoms with van der Waals surface area (Å²) in [5.41, 5.74) is 11.4. The number of unbranched alkanes of at least 4 members (excludes halogenated alkanes) is 1. The quantitative estimate of drug-likeness (QED) is 0.394. The zero-order chi connectivity index (χ0) is 16.5. The van der Waals surface area contributed by atoms with E-state index in [1.54, 1.807) is 13.8 Å². The third-order valence-electron chi connectivity index (χ3n) is 3.27. The molecule has 3 unspecified atom stereocenters. The van der Waals surface area contributed by atoms with Crippen molar-refractivity contribution in [2.75, 3.05) is 6.54 Å². The molecule has 0 fully saturated rings. The van der Waals surface area contributed by atoms with E-state index >= 15 is 0 Å². The molecule has 126 valence electrons. The van der Waals surface area contributed by atoms with Crippen LogP contribution < -0.4 is 22.1 Å². The lowest BCUT2D eigenvalue weighted by Gasteiger charge is -2.16. The maximum atomic E-state index is 11.6. The molecule has 22 heavy (non-hydrogen) atoms. The molecule has 0 spiro atoms. The average molecular weight is 314 g/mol. The number of aliphatic hydroxyl groups is 1. The maximum absolute atomic E-state index is 11.6. The van der Waals surface area contributed by atoms with Crippen LogP contribution in [0.5, 0.6) is 0 Å². The van der Waals surface area contributed by atoms with Gasteiger partial charge in [0.25, 0.3) is 0 Å². The van der Waals surface area contributed by atoms with Crippen molar-refractivity contribution in [1.82, 2.24) is 20.8 Å². The number of rotatable bonds is 9. The third kappa shape index (κ3) is 6.37. The van der Waals surface area contributed by atoms with Crippen molar-refractivity contribution in [2.45, 2.75) is 57.8 Å². The first-order valence-electron chi connectivity index (χ1n) is 7.44. The highest BCUT2D eigenvalue weighted by molar-refractivity contribution is 5.74. The van der Waals surface area contributed by atoms with Crippen LogP contribution in [0.25, 0.3) is 0 Å². The Morgan fingerprint density at radius 3 is 2.77 bits per heavy atom. The summed E-state index contributed by atoms with van der Waals surface area (Å²) >= 11 is 0. The van der Waals surface area contributed by atoms with Crippen LogP contribution in [0.15, 0.2) is 4.52 Å². The van der Waals surface area contributed by atoms with Gasteiger partial charge in [-0.1, -0.05) is 11.6 Å². The number of hydrogen-bond donors (Lipinski definition) is 5. The highest BCUT2D eigenvalue weighted by atomic mass is 16.5. The van der Waals surface area contributed by atoms with Gasteiger partial charge in [-0.25, -0.2) is 4.79 Å². The largest absolute Gasteiger partial charge is 0.391 e. The van der Waals surface area contributed by atoms with Gasteiger partial charge in [-0.3, -0.25) is 0 Å². The molecule has 0 aromatic carbocycles. The van der Waals surface area contributed by atoms with Crippen molar-refractivity contribution >= 4 is 6.03 Å². The van der Waals surface area contributed by atoms with Crippen molar-refractivity contribution in [3.8, 4) is 0 Å². The number of carbonyl (C=O) groups is 1. The topological polar surface area (TPSA) is 152 Å². The monoisotopic (exact) mass is 314 g/mol. The molecule has 0 saturated heterocycles. The molecule has 2 amide bonds. The zero-order valence-corrected chi connectivity index (χ0v) is 13.1. The highest BCUT2D eigenvalue weighted by Gasteiger charge is 2.15. The highest BCUT2D eigenvalue weighted by Crippen LogP contribution is 2.13. The fourth-order valence-electron chi connectivity index (χ4n) is 1.66. The second-order valence-electron chi connectivity index (χ2n) is 5.29. The van der Waals surface area contributed by atoms with Gasteiger partial charge in [-0.2, -0.15) is 4.98 Å². The summed E-state index contributed by atoms with van der Waals surface area (Å²) in [5, 5.41) is 18.3. The van der Waals surface area contributed by atoms with Gasteiger partial charge in [0.15, 0.2) is 5.82 Å².